The lowest BCUT2D eigenvalue weighted by atomic mass is 9.77. The summed E-state index contributed by atoms with van der Waals surface area (Å²) in [5.41, 5.74) is 8.06. The molecule has 234 valence electrons. The number of carbonyl (C=O) groups is 1. The van der Waals surface area contributed by atoms with Crippen molar-refractivity contribution < 1.29 is 9.53 Å². The molecule has 2 heterocycles. The lowest BCUT2D eigenvalue weighted by Crippen LogP contribution is -2.39. The lowest BCUT2D eigenvalue weighted by Gasteiger charge is -2.36. The largest absolute Gasteiger partial charge is 0.488 e. The van der Waals surface area contributed by atoms with Crippen molar-refractivity contribution >= 4 is 6.29 Å². The van der Waals surface area contributed by atoms with Gasteiger partial charge in [-0.3, -0.25) is 9.78 Å². The highest BCUT2D eigenvalue weighted by Gasteiger charge is 2.42. The van der Waals surface area contributed by atoms with Crippen LogP contribution >= 0.6 is 0 Å². The molecule has 0 bridgehead atoms. The van der Waals surface area contributed by atoms with E-state index in [1.807, 2.05) is 61.0 Å². The number of carbonyl (C=O) groups excluding carboxylic acids is 1. The number of benzene rings is 5. The number of nitrogens with zero attached hydrogens (tertiary/aromatic N) is 5. The zero-order valence-electron chi connectivity index (χ0n) is 26.7. The second kappa shape index (κ2) is 13.3. The Hall–Kier alpha value is -6.21. The number of hydrogen-bond donors (Lipinski definition) is 0. The molecule has 0 aliphatic carbocycles. The minimum Gasteiger partial charge on any atom is -0.488 e. The summed E-state index contributed by atoms with van der Waals surface area (Å²) in [4.78, 5) is 16.1. The number of hydrogen-bond acceptors (Lipinski definition) is 6. The van der Waals surface area contributed by atoms with Crippen LogP contribution in [0.25, 0.3) is 22.5 Å². The first-order valence-corrected chi connectivity index (χ1v) is 15.8. The Labute approximate surface area is 279 Å². The predicted molar refractivity (Wildman–Crippen MR) is 187 cm³/mol. The van der Waals surface area contributed by atoms with E-state index in [0.717, 1.165) is 50.9 Å². The van der Waals surface area contributed by atoms with Crippen molar-refractivity contribution in [3.05, 3.63) is 185 Å². The Balaban J connectivity index is 1.31. The Kier molecular flexibility index (Phi) is 8.41. The van der Waals surface area contributed by atoms with Gasteiger partial charge in [0.05, 0.1) is 11.3 Å². The summed E-state index contributed by atoms with van der Waals surface area (Å²) in [5.74, 6) is 1.18. The Morgan fingerprint density at radius 2 is 1.23 bits per heavy atom. The van der Waals surface area contributed by atoms with Crippen molar-refractivity contribution in [3.63, 3.8) is 0 Å². The van der Waals surface area contributed by atoms with E-state index >= 15 is 0 Å². The Morgan fingerprint density at radius 3 is 1.79 bits per heavy atom. The lowest BCUT2D eigenvalue weighted by molar-refractivity contribution is 0.111. The number of rotatable bonds is 10. The third-order valence-corrected chi connectivity index (χ3v) is 8.65. The van der Waals surface area contributed by atoms with E-state index in [4.69, 9.17) is 9.95 Å². The Bertz CT molecular complexity index is 2070. The molecule has 0 spiro atoms. The standard InChI is InChI=1S/C41H33N5O2/c1-29-26-39(38(27-47)30(2)42-29)48-28-31-22-24-32(25-23-31)36-20-12-13-21-37(36)40-43-44-45-46(40)41(33-14-6-3-7-15-33,34-16-8-4-9-17-34)35-18-10-5-11-19-35/h3-27H,28H2,1-2H3. The maximum absolute atomic E-state index is 11.7. The van der Waals surface area contributed by atoms with E-state index in [2.05, 4.69) is 112 Å². The number of aryl methyl sites for hydroxylation is 2. The van der Waals surface area contributed by atoms with Gasteiger partial charge in [-0.1, -0.05) is 140 Å². The zero-order valence-corrected chi connectivity index (χ0v) is 26.7. The predicted octanol–water partition coefficient (Wildman–Crippen LogP) is 8.25. The second-order valence-electron chi connectivity index (χ2n) is 11.6. The fourth-order valence-corrected chi connectivity index (χ4v) is 6.42. The summed E-state index contributed by atoms with van der Waals surface area (Å²) < 4.78 is 8.04. The van der Waals surface area contributed by atoms with Crippen molar-refractivity contribution in [3.8, 4) is 28.3 Å². The minimum atomic E-state index is -0.860. The first kappa shape index (κ1) is 30.4. The van der Waals surface area contributed by atoms with Crippen molar-refractivity contribution in [2.24, 2.45) is 0 Å². The number of aromatic nitrogens is 5. The normalized spacial score (nSPS) is 11.3. The number of ether oxygens (including phenoxy) is 1. The maximum atomic E-state index is 11.7. The topological polar surface area (TPSA) is 82.8 Å². The molecule has 0 N–H and O–H groups in total. The molecular weight excluding hydrogens is 594 g/mol. The quantitative estimate of drug-likeness (QED) is 0.112. The molecule has 0 saturated heterocycles. The van der Waals surface area contributed by atoms with E-state index in [-0.39, 0.29) is 0 Å². The molecule has 7 aromatic rings. The monoisotopic (exact) mass is 627 g/mol. The average Bonchev–Trinajstić information content (AvgIpc) is 3.63. The van der Waals surface area contributed by atoms with E-state index in [0.29, 0.717) is 29.4 Å². The van der Waals surface area contributed by atoms with Crippen molar-refractivity contribution in [2.75, 3.05) is 0 Å². The summed E-state index contributed by atoms with van der Waals surface area (Å²) >= 11 is 0. The molecule has 48 heavy (non-hydrogen) atoms. The molecule has 0 amide bonds. The van der Waals surface area contributed by atoms with Crippen LogP contribution in [0.15, 0.2) is 146 Å². The molecule has 0 aliphatic heterocycles. The van der Waals surface area contributed by atoms with Gasteiger partial charge in [0, 0.05) is 17.3 Å². The first-order chi connectivity index (χ1) is 23.6. The van der Waals surface area contributed by atoms with E-state index in [9.17, 15) is 4.79 Å². The SMILES string of the molecule is Cc1cc(OCc2ccc(-c3ccccc3-c3nnnn3C(c3ccccc3)(c3ccccc3)c3ccccc3)cc2)c(C=O)c(C)n1. The zero-order chi connectivity index (χ0) is 32.9. The molecule has 0 unspecified atom stereocenters. The first-order valence-electron chi connectivity index (χ1n) is 15.8. The minimum absolute atomic E-state index is 0.317. The highest BCUT2D eigenvalue weighted by molar-refractivity contribution is 5.82. The van der Waals surface area contributed by atoms with Crippen LogP contribution in [0.4, 0.5) is 0 Å². The van der Waals surface area contributed by atoms with E-state index in [1.54, 1.807) is 6.07 Å². The molecule has 0 atom stereocenters. The van der Waals surface area contributed by atoms with E-state index < -0.39 is 5.54 Å². The fraction of sp³-hybridized carbons (Fsp3) is 0.0976. The van der Waals surface area contributed by atoms with Gasteiger partial charge in [-0.25, -0.2) is 4.68 Å². The smallest absolute Gasteiger partial charge is 0.184 e. The van der Waals surface area contributed by atoms with Gasteiger partial charge in [0.25, 0.3) is 0 Å². The van der Waals surface area contributed by atoms with Crippen LogP contribution in [0.5, 0.6) is 5.75 Å². The van der Waals surface area contributed by atoms with Crippen LogP contribution in [0.2, 0.25) is 0 Å². The van der Waals surface area contributed by atoms with Crippen LogP contribution in [0.3, 0.4) is 0 Å². The molecular formula is C41H33N5O2. The maximum Gasteiger partial charge on any atom is 0.184 e. The fourth-order valence-electron chi connectivity index (χ4n) is 6.42. The number of tetrazole rings is 1. The molecule has 7 heteroatoms. The summed E-state index contributed by atoms with van der Waals surface area (Å²) in [7, 11) is 0. The summed E-state index contributed by atoms with van der Waals surface area (Å²) in [6.07, 6.45) is 0.798. The van der Waals surface area contributed by atoms with Gasteiger partial charge in [0.2, 0.25) is 0 Å². The van der Waals surface area contributed by atoms with Gasteiger partial charge in [-0.05, 0) is 57.7 Å². The third kappa shape index (κ3) is 5.56. The van der Waals surface area contributed by atoms with Gasteiger partial charge in [0.15, 0.2) is 12.1 Å². The van der Waals surface area contributed by atoms with Crippen LogP contribution in [0, 0.1) is 13.8 Å². The van der Waals surface area contributed by atoms with Crippen LogP contribution in [-0.2, 0) is 12.1 Å². The Morgan fingerprint density at radius 1 is 0.688 bits per heavy atom. The van der Waals surface area contributed by atoms with E-state index in [1.165, 1.54) is 0 Å². The molecule has 0 radical (unpaired) electrons. The molecule has 7 nitrogen and oxygen atoms in total. The molecule has 0 aliphatic rings. The molecule has 5 aromatic carbocycles. The molecule has 0 saturated carbocycles. The van der Waals surface area contributed by atoms with Gasteiger partial charge in [-0.15, -0.1) is 5.10 Å². The van der Waals surface area contributed by atoms with Crippen LogP contribution in [-0.4, -0.2) is 31.5 Å². The van der Waals surface area contributed by atoms with Crippen molar-refractivity contribution in [2.45, 2.75) is 26.0 Å². The van der Waals surface area contributed by atoms with Gasteiger partial charge in [-0.2, -0.15) is 0 Å². The summed E-state index contributed by atoms with van der Waals surface area (Å²) in [5, 5.41) is 13.7. The summed E-state index contributed by atoms with van der Waals surface area (Å²) in [6.45, 7) is 4.02. The molecule has 7 rings (SSSR count). The van der Waals surface area contributed by atoms with Crippen molar-refractivity contribution in [1.82, 2.24) is 25.2 Å². The van der Waals surface area contributed by atoms with Gasteiger partial charge >= 0.3 is 0 Å². The highest BCUT2D eigenvalue weighted by atomic mass is 16.5. The third-order valence-electron chi connectivity index (χ3n) is 8.65. The van der Waals surface area contributed by atoms with Crippen molar-refractivity contribution in [1.29, 1.82) is 0 Å². The molecule has 0 fully saturated rings. The molecule has 2 aromatic heterocycles. The van der Waals surface area contributed by atoms with Gasteiger partial charge < -0.3 is 4.74 Å². The van der Waals surface area contributed by atoms with Crippen LogP contribution < -0.4 is 4.74 Å². The number of aldehydes is 1. The summed E-state index contributed by atoms with van der Waals surface area (Å²) in [6, 6.07) is 49.4. The average molecular weight is 628 g/mol. The highest BCUT2D eigenvalue weighted by Crippen LogP contribution is 2.43. The second-order valence-corrected chi connectivity index (χ2v) is 11.6. The van der Waals surface area contributed by atoms with Crippen LogP contribution in [0.1, 0.15) is 44.0 Å². The van der Waals surface area contributed by atoms with Gasteiger partial charge in [0.1, 0.15) is 17.9 Å². The number of pyridine rings is 1.